The van der Waals surface area contributed by atoms with Crippen LogP contribution in [0.3, 0.4) is 0 Å². The minimum absolute atomic E-state index is 0.173. The normalized spacial score (nSPS) is 10.9. The molecule has 170 valence electrons. The Balaban J connectivity index is 1.57. The van der Waals surface area contributed by atoms with Gasteiger partial charge < -0.3 is 20.8 Å². The number of aromatic nitrogens is 2. The van der Waals surface area contributed by atoms with Crippen LogP contribution in [0, 0.1) is 13.8 Å². The van der Waals surface area contributed by atoms with Crippen LogP contribution in [0.4, 0.5) is 23.0 Å². The molecule has 0 unspecified atom stereocenters. The summed E-state index contributed by atoms with van der Waals surface area (Å²) in [6, 6.07) is 17.1. The highest BCUT2D eigenvalue weighted by Gasteiger charge is 2.12. The molecule has 34 heavy (non-hydrogen) atoms. The van der Waals surface area contributed by atoms with Crippen molar-refractivity contribution in [1.82, 2.24) is 9.97 Å². The summed E-state index contributed by atoms with van der Waals surface area (Å²) in [6.07, 6.45) is 6.47. The first kappa shape index (κ1) is 22.5. The molecule has 2 aromatic heterocycles. The number of anilines is 4. The summed E-state index contributed by atoms with van der Waals surface area (Å²) in [5, 5.41) is 25.7. The second kappa shape index (κ2) is 9.87. The Kier molecular flexibility index (Phi) is 6.54. The zero-order chi connectivity index (χ0) is 24.1. The van der Waals surface area contributed by atoms with Crippen LogP contribution >= 0.6 is 0 Å². The Bertz CT molecular complexity index is 1380. The standard InChI is InChI=1S/C27H24N4O3/c1-17-15-20(32)8-10-23(17)30-26-19(5-3-13-28-26)7-12-25(34)22-6-4-14-29-27(22)31-24-11-9-21(33)16-18(24)2/h3-16,32-33H,1-2H3,(H,28,30)(H,29,31)/b12-7+. The molecule has 0 aliphatic heterocycles. The van der Waals surface area contributed by atoms with Crippen LogP contribution in [0.25, 0.3) is 6.08 Å². The van der Waals surface area contributed by atoms with Crippen LogP contribution < -0.4 is 10.6 Å². The van der Waals surface area contributed by atoms with Crippen molar-refractivity contribution in [3.8, 4) is 11.5 Å². The Labute approximate surface area is 197 Å². The topological polar surface area (TPSA) is 107 Å². The predicted molar refractivity (Wildman–Crippen MR) is 134 cm³/mol. The lowest BCUT2D eigenvalue weighted by molar-refractivity contribution is 0.104. The highest BCUT2D eigenvalue weighted by atomic mass is 16.3. The number of pyridine rings is 2. The Morgan fingerprint density at radius 1 is 0.794 bits per heavy atom. The summed E-state index contributed by atoms with van der Waals surface area (Å²) in [5.74, 6) is 1.16. The van der Waals surface area contributed by atoms with Gasteiger partial charge in [-0.05, 0) is 97.8 Å². The van der Waals surface area contributed by atoms with Gasteiger partial charge in [0.05, 0.1) is 5.56 Å². The third-order valence-electron chi connectivity index (χ3n) is 5.25. The first-order chi connectivity index (χ1) is 16.4. The van der Waals surface area contributed by atoms with Crippen LogP contribution in [0.15, 0.2) is 79.1 Å². The lowest BCUT2D eigenvalue weighted by Gasteiger charge is -2.12. The van der Waals surface area contributed by atoms with Crippen LogP contribution in [0.5, 0.6) is 11.5 Å². The molecule has 0 saturated carbocycles. The Morgan fingerprint density at radius 3 is 1.97 bits per heavy atom. The van der Waals surface area contributed by atoms with Crippen LogP contribution in [0.1, 0.15) is 27.0 Å². The van der Waals surface area contributed by atoms with E-state index in [1.54, 1.807) is 73.1 Å². The number of aromatic hydroxyl groups is 2. The summed E-state index contributed by atoms with van der Waals surface area (Å²) in [4.78, 5) is 21.8. The average molecular weight is 453 g/mol. The number of nitrogens with one attached hydrogen (secondary N) is 2. The van der Waals surface area contributed by atoms with E-state index in [9.17, 15) is 15.0 Å². The second-order valence-electron chi connectivity index (χ2n) is 7.79. The first-order valence-corrected chi connectivity index (χ1v) is 10.7. The molecule has 0 bridgehead atoms. The van der Waals surface area contributed by atoms with Crippen molar-refractivity contribution < 1.29 is 15.0 Å². The van der Waals surface area contributed by atoms with E-state index in [0.717, 1.165) is 28.1 Å². The van der Waals surface area contributed by atoms with Crippen LogP contribution in [-0.2, 0) is 0 Å². The number of rotatable bonds is 7. The fourth-order valence-electron chi connectivity index (χ4n) is 3.45. The van der Waals surface area contributed by atoms with Gasteiger partial charge in [-0.15, -0.1) is 0 Å². The summed E-state index contributed by atoms with van der Waals surface area (Å²) in [6.45, 7) is 3.75. The zero-order valence-corrected chi connectivity index (χ0v) is 18.8. The number of ketones is 1. The maximum absolute atomic E-state index is 13.1. The minimum atomic E-state index is -0.220. The highest BCUT2D eigenvalue weighted by molar-refractivity contribution is 6.10. The van der Waals surface area contributed by atoms with Crippen molar-refractivity contribution in [2.24, 2.45) is 0 Å². The third-order valence-corrected chi connectivity index (χ3v) is 5.25. The molecule has 2 heterocycles. The molecule has 4 aromatic rings. The molecule has 0 amide bonds. The summed E-state index contributed by atoms with van der Waals surface area (Å²) >= 11 is 0. The number of aryl methyl sites for hydroxylation is 2. The van der Waals surface area contributed by atoms with Crippen molar-refractivity contribution >= 4 is 34.9 Å². The number of nitrogens with zero attached hydrogens (tertiary/aromatic N) is 2. The van der Waals surface area contributed by atoms with E-state index in [0.29, 0.717) is 17.2 Å². The monoisotopic (exact) mass is 452 g/mol. The quantitative estimate of drug-likeness (QED) is 0.157. The molecule has 0 saturated heterocycles. The molecular formula is C27H24N4O3. The molecule has 2 aromatic carbocycles. The van der Waals surface area contributed by atoms with Crippen molar-refractivity contribution in [1.29, 1.82) is 0 Å². The number of carbonyl (C=O) groups excluding carboxylic acids is 1. The third kappa shape index (κ3) is 5.21. The lowest BCUT2D eigenvalue weighted by Crippen LogP contribution is -2.04. The van der Waals surface area contributed by atoms with Crippen molar-refractivity contribution in [3.63, 3.8) is 0 Å². The SMILES string of the molecule is Cc1cc(O)ccc1Nc1ncccc1/C=C/C(=O)c1cccnc1Nc1ccc(O)cc1C. The predicted octanol–water partition coefficient (Wildman–Crippen LogP) is 5.89. The van der Waals surface area contributed by atoms with Gasteiger partial charge in [0.15, 0.2) is 5.78 Å². The maximum Gasteiger partial charge on any atom is 0.189 e. The van der Waals surface area contributed by atoms with E-state index in [1.807, 2.05) is 19.9 Å². The zero-order valence-electron chi connectivity index (χ0n) is 18.8. The van der Waals surface area contributed by atoms with Crippen LogP contribution in [-0.4, -0.2) is 26.0 Å². The smallest absolute Gasteiger partial charge is 0.189 e. The van der Waals surface area contributed by atoms with Crippen molar-refractivity contribution in [2.45, 2.75) is 13.8 Å². The molecule has 0 fully saturated rings. The molecule has 7 heteroatoms. The van der Waals surface area contributed by atoms with Crippen molar-refractivity contribution in [3.05, 3.63) is 101 Å². The lowest BCUT2D eigenvalue weighted by atomic mass is 10.1. The van der Waals surface area contributed by atoms with Gasteiger partial charge in [-0.25, -0.2) is 9.97 Å². The number of benzene rings is 2. The van der Waals surface area contributed by atoms with E-state index in [2.05, 4.69) is 20.6 Å². The number of allylic oxidation sites excluding steroid dienone is 1. The number of phenolic OH excluding ortho intramolecular Hbond substituents is 2. The van der Waals surface area contributed by atoms with E-state index in [1.165, 1.54) is 6.08 Å². The Morgan fingerprint density at radius 2 is 1.35 bits per heavy atom. The molecule has 0 aliphatic carbocycles. The largest absolute Gasteiger partial charge is 0.508 e. The van der Waals surface area contributed by atoms with Gasteiger partial charge in [0.2, 0.25) is 0 Å². The summed E-state index contributed by atoms with van der Waals surface area (Å²) < 4.78 is 0. The van der Waals surface area contributed by atoms with Crippen LogP contribution in [0.2, 0.25) is 0 Å². The fraction of sp³-hybridized carbons (Fsp3) is 0.0741. The van der Waals surface area contributed by atoms with Gasteiger partial charge in [-0.3, -0.25) is 4.79 Å². The molecule has 0 aliphatic rings. The summed E-state index contributed by atoms with van der Waals surface area (Å²) in [5.41, 5.74) is 4.40. The van der Waals surface area contributed by atoms with Gasteiger partial charge in [-0.1, -0.05) is 0 Å². The van der Waals surface area contributed by atoms with E-state index >= 15 is 0 Å². The number of phenols is 2. The molecular weight excluding hydrogens is 428 g/mol. The molecule has 0 radical (unpaired) electrons. The van der Waals surface area contributed by atoms with Gasteiger partial charge in [0.1, 0.15) is 23.1 Å². The number of carbonyl (C=O) groups is 1. The molecule has 7 nitrogen and oxygen atoms in total. The summed E-state index contributed by atoms with van der Waals surface area (Å²) in [7, 11) is 0. The van der Waals surface area contributed by atoms with E-state index < -0.39 is 0 Å². The second-order valence-corrected chi connectivity index (χ2v) is 7.79. The van der Waals surface area contributed by atoms with Gasteiger partial charge in [0, 0.05) is 29.3 Å². The van der Waals surface area contributed by atoms with Gasteiger partial charge >= 0.3 is 0 Å². The van der Waals surface area contributed by atoms with E-state index in [4.69, 9.17) is 0 Å². The van der Waals surface area contributed by atoms with Crippen molar-refractivity contribution in [2.75, 3.05) is 10.6 Å². The molecule has 0 atom stereocenters. The minimum Gasteiger partial charge on any atom is -0.508 e. The molecule has 4 N–H and O–H groups in total. The first-order valence-electron chi connectivity index (χ1n) is 10.7. The maximum atomic E-state index is 13.1. The molecule has 0 spiro atoms. The fourth-order valence-corrected chi connectivity index (χ4v) is 3.45. The molecule has 4 rings (SSSR count). The number of hydrogen-bond donors (Lipinski definition) is 4. The van der Waals surface area contributed by atoms with Gasteiger partial charge in [-0.2, -0.15) is 0 Å². The average Bonchev–Trinajstić information content (AvgIpc) is 2.82. The number of hydrogen-bond acceptors (Lipinski definition) is 7. The highest BCUT2D eigenvalue weighted by Crippen LogP contribution is 2.27. The van der Waals surface area contributed by atoms with E-state index in [-0.39, 0.29) is 17.3 Å². The van der Waals surface area contributed by atoms with Gasteiger partial charge in [0.25, 0.3) is 0 Å². The Hall–Kier alpha value is -4.65.